The van der Waals surface area contributed by atoms with E-state index in [4.69, 9.17) is 0 Å². The van der Waals surface area contributed by atoms with Crippen molar-refractivity contribution in [2.24, 2.45) is 11.8 Å². The second-order valence-electron chi connectivity index (χ2n) is 8.02. The lowest BCUT2D eigenvalue weighted by Gasteiger charge is -2.37. The topological polar surface area (TPSA) is 37.2 Å². The van der Waals surface area contributed by atoms with Gasteiger partial charge in [-0.05, 0) is 56.5 Å². The zero-order valence-corrected chi connectivity index (χ0v) is 15.1. The van der Waals surface area contributed by atoms with E-state index in [1.165, 1.54) is 58.4 Å². The van der Waals surface area contributed by atoms with Gasteiger partial charge in [0, 0.05) is 19.6 Å². The molecule has 0 saturated carbocycles. The predicted molar refractivity (Wildman–Crippen MR) is 93.2 cm³/mol. The van der Waals surface area contributed by atoms with Crippen molar-refractivity contribution in [2.45, 2.75) is 59.0 Å². The van der Waals surface area contributed by atoms with Crippen molar-refractivity contribution in [3.05, 3.63) is 11.9 Å². The molecule has 3 rings (SSSR count). The number of aromatic nitrogens is 3. The van der Waals surface area contributed by atoms with Gasteiger partial charge in [-0.25, -0.2) is 4.68 Å². The highest BCUT2D eigenvalue weighted by atomic mass is 15.5. The third-order valence-electron chi connectivity index (χ3n) is 5.59. The van der Waals surface area contributed by atoms with Crippen LogP contribution in [0.1, 0.15) is 58.1 Å². The third kappa shape index (κ3) is 4.77. The largest absolute Gasteiger partial charge is 0.303 e. The first-order chi connectivity index (χ1) is 11.1. The molecule has 2 saturated heterocycles. The molecular formula is C18H33N5. The highest BCUT2D eigenvalue weighted by molar-refractivity contribution is 4.98. The maximum Gasteiger partial charge on any atom is 0.0946 e. The van der Waals surface area contributed by atoms with Crippen molar-refractivity contribution in [1.82, 2.24) is 24.8 Å². The number of piperidine rings is 2. The molecule has 5 heteroatoms. The Bertz CT molecular complexity index is 468. The summed E-state index contributed by atoms with van der Waals surface area (Å²) in [7, 11) is 0. The second-order valence-corrected chi connectivity index (χ2v) is 8.02. The molecule has 0 spiro atoms. The summed E-state index contributed by atoms with van der Waals surface area (Å²) in [6, 6.07) is 0. The summed E-state index contributed by atoms with van der Waals surface area (Å²) in [5.41, 5.74) is 1.10. The molecule has 0 N–H and O–H groups in total. The van der Waals surface area contributed by atoms with Crippen molar-refractivity contribution in [3.63, 3.8) is 0 Å². The quantitative estimate of drug-likeness (QED) is 0.836. The molecule has 0 aromatic carbocycles. The van der Waals surface area contributed by atoms with Gasteiger partial charge in [0.15, 0.2) is 0 Å². The molecule has 0 radical (unpaired) electrons. The van der Waals surface area contributed by atoms with E-state index in [9.17, 15) is 0 Å². The standard InChI is InChI=1S/C18H33N5/c1-15(2)18-13-23(20-19-18)14-22-10-6-17(7-11-22)12-21-8-4-16(3)5-9-21/h13,15-17H,4-12,14H2,1-3H3. The lowest BCUT2D eigenvalue weighted by atomic mass is 9.93. The molecule has 2 aliphatic rings. The van der Waals surface area contributed by atoms with E-state index in [2.05, 4.69) is 47.1 Å². The summed E-state index contributed by atoms with van der Waals surface area (Å²) < 4.78 is 2.00. The van der Waals surface area contributed by atoms with Crippen molar-refractivity contribution < 1.29 is 0 Å². The van der Waals surface area contributed by atoms with Gasteiger partial charge in [-0.1, -0.05) is 26.0 Å². The van der Waals surface area contributed by atoms with Crippen molar-refractivity contribution in [2.75, 3.05) is 32.7 Å². The highest BCUT2D eigenvalue weighted by Gasteiger charge is 2.23. The number of nitrogens with zero attached hydrogens (tertiary/aromatic N) is 5. The lowest BCUT2D eigenvalue weighted by molar-refractivity contribution is 0.102. The van der Waals surface area contributed by atoms with Crippen LogP contribution in [0.15, 0.2) is 6.20 Å². The summed E-state index contributed by atoms with van der Waals surface area (Å²) in [4.78, 5) is 5.22. The van der Waals surface area contributed by atoms with Crippen LogP contribution in [0.2, 0.25) is 0 Å². The first kappa shape index (κ1) is 16.9. The minimum atomic E-state index is 0.460. The molecule has 3 heterocycles. The van der Waals surface area contributed by atoms with Crippen LogP contribution < -0.4 is 0 Å². The second kappa shape index (κ2) is 7.75. The Morgan fingerprint density at radius 1 is 1.04 bits per heavy atom. The van der Waals surface area contributed by atoms with Gasteiger partial charge in [0.2, 0.25) is 0 Å². The summed E-state index contributed by atoms with van der Waals surface area (Å²) in [5.74, 6) is 2.29. The molecule has 1 aromatic rings. The molecule has 23 heavy (non-hydrogen) atoms. The third-order valence-corrected chi connectivity index (χ3v) is 5.59. The molecule has 5 nitrogen and oxygen atoms in total. The SMILES string of the molecule is CC1CCN(CC2CCN(Cn3cc(C(C)C)nn3)CC2)CC1. The summed E-state index contributed by atoms with van der Waals surface area (Å²) in [5, 5.41) is 8.53. The minimum absolute atomic E-state index is 0.460. The molecule has 0 atom stereocenters. The monoisotopic (exact) mass is 319 g/mol. The van der Waals surface area contributed by atoms with E-state index in [0.717, 1.165) is 24.2 Å². The molecule has 1 aromatic heterocycles. The van der Waals surface area contributed by atoms with Gasteiger partial charge in [-0.3, -0.25) is 4.90 Å². The number of rotatable bonds is 5. The molecule has 0 bridgehead atoms. The van der Waals surface area contributed by atoms with Crippen LogP contribution in [-0.4, -0.2) is 57.5 Å². The maximum atomic E-state index is 4.27. The zero-order valence-electron chi connectivity index (χ0n) is 15.1. The fourth-order valence-corrected chi connectivity index (χ4v) is 3.77. The molecule has 0 amide bonds. The van der Waals surface area contributed by atoms with Gasteiger partial charge in [0.05, 0.1) is 18.6 Å². The first-order valence-electron chi connectivity index (χ1n) is 9.45. The fourth-order valence-electron chi connectivity index (χ4n) is 3.77. The smallest absolute Gasteiger partial charge is 0.0946 e. The Morgan fingerprint density at radius 2 is 1.70 bits per heavy atom. The van der Waals surface area contributed by atoms with Gasteiger partial charge in [0.25, 0.3) is 0 Å². The van der Waals surface area contributed by atoms with Crippen LogP contribution in [0.3, 0.4) is 0 Å². The molecular weight excluding hydrogens is 286 g/mol. The molecule has 2 aliphatic heterocycles. The summed E-state index contributed by atoms with van der Waals surface area (Å²) >= 11 is 0. The van der Waals surface area contributed by atoms with E-state index in [-0.39, 0.29) is 0 Å². The van der Waals surface area contributed by atoms with Gasteiger partial charge >= 0.3 is 0 Å². The van der Waals surface area contributed by atoms with Gasteiger partial charge < -0.3 is 4.90 Å². The Labute approximate surface area is 141 Å². The number of likely N-dealkylation sites (tertiary alicyclic amines) is 2. The summed E-state index contributed by atoms with van der Waals surface area (Å²) in [6.07, 6.45) is 7.55. The number of hydrogen-bond donors (Lipinski definition) is 0. The zero-order chi connectivity index (χ0) is 16.2. The molecule has 0 aliphatic carbocycles. The van der Waals surface area contributed by atoms with Crippen LogP contribution in [0.25, 0.3) is 0 Å². The Hall–Kier alpha value is -0.940. The Balaban J connectivity index is 1.39. The van der Waals surface area contributed by atoms with Gasteiger partial charge in [-0.2, -0.15) is 0 Å². The van der Waals surface area contributed by atoms with Crippen LogP contribution in [-0.2, 0) is 6.67 Å². The van der Waals surface area contributed by atoms with Crippen LogP contribution in [0.5, 0.6) is 0 Å². The van der Waals surface area contributed by atoms with Crippen LogP contribution >= 0.6 is 0 Å². The van der Waals surface area contributed by atoms with Crippen molar-refractivity contribution in [3.8, 4) is 0 Å². The predicted octanol–water partition coefficient (Wildman–Crippen LogP) is 2.80. The van der Waals surface area contributed by atoms with Crippen LogP contribution in [0, 0.1) is 11.8 Å². The Kier molecular flexibility index (Phi) is 5.70. The highest BCUT2D eigenvalue weighted by Crippen LogP contribution is 2.22. The van der Waals surface area contributed by atoms with E-state index in [1.54, 1.807) is 0 Å². The van der Waals surface area contributed by atoms with Crippen LogP contribution in [0.4, 0.5) is 0 Å². The van der Waals surface area contributed by atoms with E-state index >= 15 is 0 Å². The molecule has 2 fully saturated rings. The molecule has 0 unspecified atom stereocenters. The first-order valence-corrected chi connectivity index (χ1v) is 9.45. The number of hydrogen-bond acceptors (Lipinski definition) is 4. The average molecular weight is 319 g/mol. The Morgan fingerprint density at radius 3 is 2.30 bits per heavy atom. The fraction of sp³-hybridized carbons (Fsp3) is 0.889. The van der Waals surface area contributed by atoms with Crippen molar-refractivity contribution >= 4 is 0 Å². The minimum Gasteiger partial charge on any atom is -0.303 e. The normalized spacial score (nSPS) is 23.0. The average Bonchev–Trinajstić information content (AvgIpc) is 3.00. The van der Waals surface area contributed by atoms with E-state index < -0.39 is 0 Å². The van der Waals surface area contributed by atoms with E-state index in [1.807, 2.05) is 4.68 Å². The van der Waals surface area contributed by atoms with Crippen molar-refractivity contribution in [1.29, 1.82) is 0 Å². The summed E-state index contributed by atoms with van der Waals surface area (Å²) in [6.45, 7) is 14.0. The molecule has 130 valence electrons. The lowest BCUT2D eigenvalue weighted by Crippen LogP contribution is -2.41. The maximum absolute atomic E-state index is 4.27. The van der Waals surface area contributed by atoms with Gasteiger partial charge in [0.1, 0.15) is 0 Å². The van der Waals surface area contributed by atoms with E-state index in [0.29, 0.717) is 5.92 Å². The van der Waals surface area contributed by atoms with Gasteiger partial charge in [-0.15, -0.1) is 5.10 Å².